The lowest BCUT2D eigenvalue weighted by molar-refractivity contribution is -0.397. The van der Waals surface area contributed by atoms with Gasteiger partial charge in [0.15, 0.2) is 7.05 Å². The first-order valence-corrected chi connectivity index (χ1v) is 8.08. The van der Waals surface area contributed by atoms with Crippen LogP contribution in [-0.2, 0) is 11.6 Å². The number of alkyl halides is 3. The van der Waals surface area contributed by atoms with Crippen molar-refractivity contribution in [2.24, 2.45) is 0 Å². The predicted octanol–water partition coefficient (Wildman–Crippen LogP) is 5.17. The minimum atomic E-state index is -4.56. The van der Waals surface area contributed by atoms with E-state index in [-0.39, 0.29) is 16.7 Å². The smallest absolute Gasteiger partial charge is 0.192 e. The lowest BCUT2D eigenvalue weighted by Crippen LogP contribution is -2.12. The fraction of sp³-hybridized carbons (Fsp3) is 0.300. The Bertz CT molecular complexity index is 1010. The van der Waals surface area contributed by atoms with Gasteiger partial charge in [0.2, 0.25) is 5.69 Å². The Morgan fingerprint density at radius 1 is 1.08 bits per heavy atom. The van der Waals surface area contributed by atoms with Gasteiger partial charge in [0.25, 0.3) is 5.69 Å². The zero-order valence-electron chi connectivity index (χ0n) is 14.9. The Morgan fingerprint density at radius 2 is 1.77 bits per heavy atom. The number of nitrogens with zero attached hydrogens (tertiary/aromatic N) is 3. The second-order valence-corrected chi connectivity index (χ2v) is 7.30. The highest BCUT2D eigenvalue weighted by Gasteiger charge is 2.46. The average molecular weight is 357 g/mol. The van der Waals surface area contributed by atoms with E-state index in [0.717, 1.165) is 11.6 Å². The highest BCUT2D eigenvalue weighted by molar-refractivity contribution is 5.78. The highest BCUT2D eigenvalue weighted by Crippen LogP contribution is 2.44. The summed E-state index contributed by atoms with van der Waals surface area (Å²) < 4.78 is 43.4. The minimum absolute atomic E-state index is 0.00217. The van der Waals surface area contributed by atoms with Gasteiger partial charge in [-0.25, -0.2) is 0 Å². The van der Waals surface area contributed by atoms with Crippen LogP contribution in [-0.4, -0.2) is 17.6 Å². The third-order valence-electron chi connectivity index (χ3n) is 4.32. The molecule has 0 amide bonds. The van der Waals surface area contributed by atoms with Gasteiger partial charge in [-0.1, -0.05) is 37.5 Å². The standard InChI is InChI=1S/C20H18F3N3/c1-19(2,3)14-6-5-7-15(10-14)26-12-25(4)18-16(20(21,22)23)8-13(11-24)9-17(18)26/h5-10H,1-4H3/q+2. The van der Waals surface area contributed by atoms with Crippen molar-refractivity contribution in [2.75, 3.05) is 7.05 Å². The molecule has 1 aliphatic heterocycles. The van der Waals surface area contributed by atoms with Crippen LogP contribution >= 0.6 is 0 Å². The summed E-state index contributed by atoms with van der Waals surface area (Å²) in [6.45, 7) is 6.21. The number of fused-ring (bicyclic) bond motifs is 1. The molecule has 2 aromatic rings. The van der Waals surface area contributed by atoms with Crippen LogP contribution in [0.2, 0.25) is 0 Å². The fourth-order valence-corrected chi connectivity index (χ4v) is 2.98. The molecular weight excluding hydrogens is 339 g/mol. The summed E-state index contributed by atoms with van der Waals surface area (Å²) in [6, 6.07) is 14.7. The molecule has 0 atom stereocenters. The number of hydrogen-bond acceptors (Lipinski definition) is 1. The molecule has 0 unspecified atom stereocenters. The van der Waals surface area contributed by atoms with E-state index in [1.165, 1.54) is 17.7 Å². The summed E-state index contributed by atoms with van der Waals surface area (Å²) in [5, 5.41) is 9.16. The molecule has 3 rings (SSSR count). The SMILES string of the molecule is C[N+]1=C=[N+](c2cccc(C(C)(C)C)c2)c2cc(C#N)cc(C(F)(F)F)c21. The summed E-state index contributed by atoms with van der Waals surface area (Å²) in [5.41, 5.74) is 1.08. The van der Waals surface area contributed by atoms with Gasteiger partial charge in [0.1, 0.15) is 5.56 Å². The Kier molecular flexibility index (Phi) is 4.01. The van der Waals surface area contributed by atoms with E-state index in [0.29, 0.717) is 11.4 Å². The fourth-order valence-electron chi connectivity index (χ4n) is 2.98. The first kappa shape index (κ1) is 17.9. The van der Waals surface area contributed by atoms with Gasteiger partial charge in [-0.05, 0) is 21.6 Å². The highest BCUT2D eigenvalue weighted by atomic mass is 19.4. The van der Waals surface area contributed by atoms with Gasteiger partial charge in [0.05, 0.1) is 11.6 Å². The molecule has 1 heterocycles. The molecule has 132 valence electrons. The second kappa shape index (κ2) is 5.82. The van der Waals surface area contributed by atoms with Gasteiger partial charge in [-0.15, -0.1) is 0 Å². The van der Waals surface area contributed by atoms with Crippen LogP contribution in [0.5, 0.6) is 0 Å². The predicted molar refractivity (Wildman–Crippen MR) is 93.6 cm³/mol. The van der Waals surface area contributed by atoms with E-state index < -0.39 is 11.7 Å². The third-order valence-corrected chi connectivity index (χ3v) is 4.32. The summed E-state index contributed by atoms with van der Waals surface area (Å²) in [5.74, 6) is 0. The lowest BCUT2D eigenvalue weighted by Gasteiger charge is -2.18. The van der Waals surface area contributed by atoms with Crippen molar-refractivity contribution in [3.63, 3.8) is 0 Å². The van der Waals surface area contributed by atoms with Crippen molar-refractivity contribution in [2.45, 2.75) is 32.4 Å². The zero-order chi connectivity index (χ0) is 19.3. The van der Waals surface area contributed by atoms with E-state index in [1.807, 2.05) is 30.3 Å². The van der Waals surface area contributed by atoms with E-state index in [4.69, 9.17) is 5.26 Å². The van der Waals surface area contributed by atoms with E-state index >= 15 is 0 Å². The molecule has 6 heteroatoms. The summed E-state index contributed by atoms with van der Waals surface area (Å²) >= 11 is 0. The van der Waals surface area contributed by atoms with Crippen LogP contribution in [0.15, 0.2) is 36.4 Å². The maximum Gasteiger partial charge on any atom is 0.496 e. The van der Waals surface area contributed by atoms with Gasteiger partial charge in [-0.3, -0.25) is 0 Å². The maximum absolute atomic E-state index is 13.5. The zero-order valence-corrected chi connectivity index (χ0v) is 14.9. The van der Waals surface area contributed by atoms with Crippen LogP contribution in [0.3, 0.4) is 0 Å². The first-order valence-electron chi connectivity index (χ1n) is 8.08. The molecule has 0 fully saturated rings. The molecule has 0 spiro atoms. The van der Waals surface area contributed by atoms with Crippen LogP contribution in [0, 0.1) is 11.3 Å². The topological polar surface area (TPSA) is 29.8 Å². The Balaban J connectivity index is 2.25. The number of benzene rings is 2. The normalized spacial score (nSPS) is 13.8. The summed E-state index contributed by atoms with van der Waals surface area (Å²) in [4.78, 5) is 0. The van der Waals surface area contributed by atoms with E-state index in [9.17, 15) is 13.2 Å². The largest absolute Gasteiger partial charge is 0.496 e. The van der Waals surface area contributed by atoms with Crippen molar-refractivity contribution in [1.29, 1.82) is 5.26 Å². The third kappa shape index (κ3) is 3.02. The molecule has 0 radical (unpaired) electrons. The van der Waals surface area contributed by atoms with Gasteiger partial charge in [0, 0.05) is 18.2 Å². The van der Waals surface area contributed by atoms with Crippen molar-refractivity contribution < 1.29 is 17.7 Å². The monoisotopic (exact) mass is 357 g/mol. The average Bonchev–Trinajstić information content (AvgIpc) is 2.89. The van der Waals surface area contributed by atoms with Crippen LogP contribution in [0.25, 0.3) is 0 Å². The lowest BCUT2D eigenvalue weighted by atomic mass is 9.87. The number of halogens is 3. The van der Waals surface area contributed by atoms with Crippen LogP contribution in [0.4, 0.5) is 30.2 Å². The van der Waals surface area contributed by atoms with E-state index in [2.05, 4.69) is 26.8 Å². The van der Waals surface area contributed by atoms with Crippen molar-refractivity contribution in [1.82, 2.24) is 4.58 Å². The molecule has 26 heavy (non-hydrogen) atoms. The van der Waals surface area contributed by atoms with Gasteiger partial charge in [-0.2, -0.15) is 18.4 Å². The first-order chi connectivity index (χ1) is 12.0. The summed E-state index contributed by atoms with van der Waals surface area (Å²) in [6.07, 6.45) is -4.56. The quantitative estimate of drug-likeness (QED) is 0.648. The molecule has 0 saturated heterocycles. The van der Waals surface area contributed by atoms with Gasteiger partial charge < -0.3 is 0 Å². The molecule has 3 nitrogen and oxygen atoms in total. The second-order valence-electron chi connectivity index (χ2n) is 7.30. The van der Waals surface area contributed by atoms with Crippen LogP contribution < -0.4 is 4.58 Å². The van der Waals surface area contributed by atoms with E-state index in [1.54, 1.807) is 4.58 Å². The van der Waals surface area contributed by atoms with Gasteiger partial charge >= 0.3 is 17.9 Å². The minimum Gasteiger partial charge on any atom is -0.192 e. The van der Waals surface area contributed by atoms with Crippen molar-refractivity contribution >= 4 is 23.1 Å². The molecule has 0 bridgehead atoms. The maximum atomic E-state index is 13.5. The molecular formula is C20H18F3N3+2. The Labute approximate surface area is 150 Å². The van der Waals surface area contributed by atoms with Crippen molar-refractivity contribution in [3.05, 3.63) is 53.1 Å². The molecule has 0 aromatic heterocycles. The molecule has 0 saturated carbocycles. The Morgan fingerprint density at radius 3 is 2.35 bits per heavy atom. The summed E-state index contributed by atoms with van der Waals surface area (Å²) in [7, 11) is 1.52. The van der Waals surface area contributed by atoms with Crippen LogP contribution in [0.1, 0.15) is 37.5 Å². The molecule has 1 aliphatic rings. The Hall–Kier alpha value is -2.90. The number of nitriles is 1. The number of rotatable bonds is 1. The number of hydrogen-bond donors (Lipinski definition) is 0. The molecule has 0 N–H and O–H groups in total. The molecule has 0 aliphatic carbocycles. The molecule has 2 aromatic carbocycles. The van der Waals surface area contributed by atoms with Crippen molar-refractivity contribution in [3.8, 4) is 6.07 Å².